The van der Waals surface area contributed by atoms with E-state index in [9.17, 15) is 0 Å². The van der Waals surface area contributed by atoms with E-state index in [-0.39, 0.29) is 0 Å². The molecule has 2 fully saturated rings. The van der Waals surface area contributed by atoms with Crippen molar-refractivity contribution < 1.29 is 0 Å². The van der Waals surface area contributed by atoms with E-state index >= 15 is 0 Å². The third-order valence-electron chi connectivity index (χ3n) is 14.1. The summed E-state index contributed by atoms with van der Waals surface area (Å²) in [5.41, 5.74) is 0. The summed E-state index contributed by atoms with van der Waals surface area (Å²) in [7, 11) is 0. The van der Waals surface area contributed by atoms with Gasteiger partial charge in [0.2, 0.25) is 0 Å². The van der Waals surface area contributed by atoms with Gasteiger partial charge in [0.15, 0.2) is 0 Å². The molecule has 0 unspecified atom stereocenters. The summed E-state index contributed by atoms with van der Waals surface area (Å²) in [4.78, 5) is 15.8. The fourth-order valence-electron chi connectivity index (χ4n) is 8.42. The minimum absolute atomic E-state index is 0.380. The average Bonchev–Trinajstić information content (AvgIpc) is 4.35. The second-order valence-corrected chi connectivity index (χ2v) is 24.4. The van der Waals surface area contributed by atoms with Gasteiger partial charge >= 0.3 is 0 Å². The van der Waals surface area contributed by atoms with Crippen molar-refractivity contribution in [3.05, 3.63) is 111 Å². The van der Waals surface area contributed by atoms with Crippen LogP contribution >= 0.6 is 0 Å². The van der Waals surface area contributed by atoms with Crippen LogP contribution in [-0.4, -0.2) is 174 Å². The number of likely N-dealkylation sites (tertiary alicyclic amines) is 2. The van der Waals surface area contributed by atoms with E-state index in [0.717, 1.165) is 31.6 Å². The van der Waals surface area contributed by atoms with E-state index < -0.39 is 0 Å². The summed E-state index contributed by atoms with van der Waals surface area (Å²) in [5.74, 6) is 0. The lowest BCUT2D eigenvalue weighted by atomic mass is 10.1. The second-order valence-electron chi connectivity index (χ2n) is 24.4. The van der Waals surface area contributed by atoms with Gasteiger partial charge in [-0.25, -0.2) is 0 Å². The van der Waals surface area contributed by atoms with Crippen LogP contribution in [0.3, 0.4) is 0 Å². The molecule has 7 aliphatic rings. The normalized spacial score (nSPS) is 16.9. The van der Waals surface area contributed by atoms with Gasteiger partial charge in [0.05, 0.1) is 37.7 Å². The fraction of sp³-hybridized carbons (Fsp3) is 0.723. The number of nitrogens with zero attached hydrogens (tertiary/aromatic N) is 18. The first kappa shape index (κ1) is 76.2. The second kappa shape index (κ2) is 46.5. The maximum atomic E-state index is 3.92. The van der Waals surface area contributed by atoms with Crippen LogP contribution in [0.25, 0.3) is 0 Å². The van der Waals surface area contributed by atoms with Crippen molar-refractivity contribution in [2.24, 2.45) is 10.3 Å². The first-order valence-corrected chi connectivity index (χ1v) is 32.1. The van der Waals surface area contributed by atoms with Crippen molar-refractivity contribution in [3.8, 4) is 0 Å². The molecule has 3 aromatic rings. The SMILES string of the molecule is CC(C)N1C=CCC1.CC(C)N1C=CCC=C1.CC(C)N1C=CCCC1.CC(C)N1C=CNC=C1.CC(C)N1CCCC1.CC(C)N1CCCCC1.CC(C)N1CCN=N1.CC(C)n1ccnn1.CC(C)n1cnnc1.CC(C)n1nccn1. The number of rotatable bonds is 10. The lowest BCUT2D eigenvalue weighted by Gasteiger charge is -2.29. The van der Waals surface area contributed by atoms with Gasteiger partial charge in [0.1, 0.15) is 12.7 Å². The molecule has 2 saturated heterocycles. The van der Waals surface area contributed by atoms with Gasteiger partial charge in [-0.15, -0.1) is 15.3 Å². The van der Waals surface area contributed by atoms with Crippen molar-refractivity contribution in [2.75, 3.05) is 52.4 Å². The maximum Gasteiger partial charge on any atom is 0.119 e. The molecule has 10 rings (SSSR count). The summed E-state index contributed by atoms with van der Waals surface area (Å²) in [5, 5.41) is 35.3. The van der Waals surface area contributed by atoms with E-state index in [1.165, 1.54) is 90.6 Å². The highest BCUT2D eigenvalue weighted by Crippen LogP contribution is 2.13. The summed E-state index contributed by atoms with van der Waals surface area (Å²) >= 11 is 0. The number of hydrogen-bond donors (Lipinski definition) is 1. The van der Waals surface area contributed by atoms with Gasteiger partial charge in [-0.05, 0) is 228 Å². The van der Waals surface area contributed by atoms with Crippen molar-refractivity contribution in [1.29, 1.82) is 0 Å². The van der Waals surface area contributed by atoms with E-state index in [0.29, 0.717) is 48.3 Å². The van der Waals surface area contributed by atoms with Gasteiger partial charge < -0.3 is 39.3 Å². The monoisotopic (exact) mass is 1170 g/mol. The van der Waals surface area contributed by atoms with E-state index in [2.05, 4.69) is 249 Å². The summed E-state index contributed by atoms with van der Waals surface area (Å²) in [6.45, 7) is 52.9. The minimum Gasteiger partial charge on any atom is -0.375 e. The van der Waals surface area contributed by atoms with Crippen molar-refractivity contribution in [1.82, 2.24) is 84.5 Å². The van der Waals surface area contributed by atoms with Crippen LogP contribution in [0.1, 0.15) is 214 Å². The number of nitrogens with one attached hydrogen (secondary N) is 1. The molecule has 0 spiro atoms. The van der Waals surface area contributed by atoms with E-state index in [4.69, 9.17) is 0 Å². The van der Waals surface area contributed by atoms with Crippen molar-refractivity contribution >= 4 is 0 Å². The molecule has 478 valence electrons. The molecule has 19 nitrogen and oxygen atoms in total. The third-order valence-corrected chi connectivity index (χ3v) is 14.1. The van der Waals surface area contributed by atoms with E-state index in [1.54, 1.807) is 40.7 Å². The molecular formula is C65H123N19. The number of piperidine rings is 1. The summed E-state index contributed by atoms with van der Waals surface area (Å²) in [6, 6.07) is 5.87. The molecule has 0 atom stereocenters. The Bertz CT molecular complexity index is 1960. The molecule has 0 bridgehead atoms. The van der Waals surface area contributed by atoms with Gasteiger partial charge in [-0.3, -0.25) is 9.69 Å². The summed E-state index contributed by atoms with van der Waals surface area (Å²) < 4.78 is 3.75. The largest absolute Gasteiger partial charge is 0.375 e. The Morgan fingerprint density at radius 2 is 0.893 bits per heavy atom. The van der Waals surface area contributed by atoms with Crippen LogP contribution in [-0.2, 0) is 0 Å². The standard InChI is InChI=1S/C8H17N.C8H15N.C8H13N.C7H12N2.C7H15N.C7H13N.C5H9N3.C5H11N3.2C5H9N3/c3*1-8(2)9-6-4-3-5-7-9;1-7(2)9-5-3-8-4-6-9;2*1-7(2)8-5-3-4-6-8;1-5(2)8-3-6-7-4-8;2*1-5(2)8-4-3-6-7-8;1-5(2)8-6-3-4-7-8/h8H,3-7H2,1-2H3;4,6,8H,3,5,7H2,1-2H3;4-8H,3H2,1-2H3;3-8H,1-2H3;7H,3-6H2,1-2H3;3,5,7H,4,6H2,1-2H3;3-5H,1-2H3;5H,3-4H2,1-2H3;2*3-5H,1-2H3. The molecular weight excluding hydrogens is 1050 g/mol. The predicted molar refractivity (Wildman–Crippen MR) is 353 cm³/mol. The highest BCUT2D eigenvalue weighted by molar-refractivity contribution is 5.03. The van der Waals surface area contributed by atoms with E-state index in [1.807, 2.05) is 54.4 Å². The molecule has 1 N–H and O–H groups in total. The Labute approximate surface area is 513 Å². The zero-order valence-electron chi connectivity index (χ0n) is 56.7. The van der Waals surface area contributed by atoms with Crippen LogP contribution in [0.4, 0.5) is 0 Å². The molecule has 84 heavy (non-hydrogen) atoms. The Morgan fingerprint density at radius 1 is 0.393 bits per heavy atom. The Balaban J connectivity index is 0.000000467. The Kier molecular flexibility index (Phi) is 42.1. The Morgan fingerprint density at radius 3 is 1.17 bits per heavy atom. The topological polar surface area (TPSA) is 152 Å². The van der Waals surface area contributed by atoms with Crippen molar-refractivity contribution in [2.45, 2.75) is 257 Å². The first-order valence-electron chi connectivity index (χ1n) is 32.1. The fourth-order valence-corrected chi connectivity index (χ4v) is 8.42. The molecule has 0 saturated carbocycles. The average molecular weight is 1170 g/mol. The molecule has 7 aliphatic heterocycles. The van der Waals surface area contributed by atoms with Gasteiger partial charge in [-0.1, -0.05) is 41.2 Å². The maximum absolute atomic E-state index is 3.92. The summed E-state index contributed by atoms with van der Waals surface area (Å²) in [6.07, 6.45) is 47.7. The van der Waals surface area contributed by atoms with Crippen molar-refractivity contribution in [3.63, 3.8) is 0 Å². The third kappa shape index (κ3) is 36.8. The van der Waals surface area contributed by atoms with Crippen LogP contribution in [0.2, 0.25) is 0 Å². The van der Waals surface area contributed by atoms with Crippen LogP contribution in [0.15, 0.2) is 122 Å². The van der Waals surface area contributed by atoms with Gasteiger partial charge in [0.25, 0.3) is 0 Å². The molecule has 10 heterocycles. The molecule has 0 amide bonds. The molecule has 0 radical (unpaired) electrons. The molecule has 0 aliphatic carbocycles. The van der Waals surface area contributed by atoms with Crippen LogP contribution in [0.5, 0.6) is 0 Å². The number of aromatic nitrogens is 9. The van der Waals surface area contributed by atoms with Crippen LogP contribution in [0, 0.1) is 0 Å². The lowest BCUT2D eigenvalue weighted by Crippen LogP contribution is -2.35. The van der Waals surface area contributed by atoms with Gasteiger partial charge in [0, 0.05) is 111 Å². The zero-order valence-corrected chi connectivity index (χ0v) is 56.7. The highest BCUT2D eigenvalue weighted by atomic mass is 15.6. The predicted octanol–water partition coefficient (Wildman–Crippen LogP) is 14.0. The lowest BCUT2D eigenvalue weighted by molar-refractivity contribution is 0.185. The first-order chi connectivity index (χ1) is 40.0. The highest BCUT2D eigenvalue weighted by Gasteiger charge is 2.14. The number of allylic oxidation sites excluding steroid dienone is 3. The smallest absolute Gasteiger partial charge is 0.119 e. The molecule has 19 heteroatoms. The Hall–Kier alpha value is -5.82. The zero-order chi connectivity index (χ0) is 62.7. The van der Waals surface area contributed by atoms with Gasteiger partial charge in [-0.2, -0.15) is 20.1 Å². The molecule has 0 aromatic carbocycles. The minimum atomic E-state index is 0.380. The molecule has 3 aromatic heterocycles. The quantitative estimate of drug-likeness (QED) is 0.205. The number of hydrogen-bond acceptors (Lipinski definition) is 16. The van der Waals surface area contributed by atoms with Crippen LogP contribution < -0.4 is 5.32 Å².